The number of carbonyl (C=O) groups excluding carboxylic acids is 1. The van der Waals surface area contributed by atoms with Crippen molar-refractivity contribution in [3.8, 4) is 5.75 Å². The van der Waals surface area contributed by atoms with Crippen LogP contribution in [0.5, 0.6) is 5.75 Å². The summed E-state index contributed by atoms with van der Waals surface area (Å²) in [6.45, 7) is 0. The molecule has 0 bridgehead atoms. The second-order valence-electron chi connectivity index (χ2n) is 3.54. The summed E-state index contributed by atoms with van der Waals surface area (Å²) in [5.74, 6) is -7.20. The van der Waals surface area contributed by atoms with Crippen LogP contribution in [0, 0.1) is 0 Å². The summed E-state index contributed by atoms with van der Waals surface area (Å²) < 4.78 is 65.7. The number of ketones is 1. The maximum absolute atomic E-state index is 12.6. The minimum atomic E-state index is -5.89. The number of benzene rings is 1. The average molecular weight is 280 g/mol. The molecular weight excluding hydrogens is 271 g/mol. The van der Waals surface area contributed by atoms with Gasteiger partial charge in [0.15, 0.2) is 0 Å². The van der Waals surface area contributed by atoms with E-state index < -0.39 is 17.9 Å². The first-order chi connectivity index (χ1) is 8.68. The van der Waals surface area contributed by atoms with Crippen molar-refractivity contribution in [3.05, 3.63) is 35.9 Å². The highest BCUT2D eigenvalue weighted by Gasteiger charge is 2.62. The molecule has 0 saturated carbocycles. The van der Waals surface area contributed by atoms with Crippen LogP contribution in [0.4, 0.5) is 22.0 Å². The fourth-order valence-electron chi connectivity index (χ4n) is 1.13. The Bertz CT molecular complexity index is 474. The Morgan fingerprint density at radius 3 is 2.05 bits per heavy atom. The first kappa shape index (κ1) is 15.1. The number of hydrogen-bond donors (Lipinski definition) is 0. The molecule has 7 heteroatoms. The lowest BCUT2D eigenvalue weighted by Gasteiger charge is -2.15. The van der Waals surface area contributed by atoms with Crippen molar-refractivity contribution in [1.82, 2.24) is 0 Å². The molecule has 1 rings (SSSR count). The number of carbonyl (C=O) groups is 1. The van der Waals surface area contributed by atoms with Gasteiger partial charge in [0.25, 0.3) is 0 Å². The van der Waals surface area contributed by atoms with Crippen LogP contribution in [0.25, 0.3) is 6.08 Å². The zero-order valence-corrected chi connectivity index (χ0v) is 9.67. The van der Waals surface area contributed by atoms with E-state index in [9.17, 15) is 26.7 Å². The SMILES string of the molecule is COc1ccc(/C=C/C(=O)C(F)(F)C(F)(F)F)cc1. The Morgan fingerprint density at radius 2 is 1.63 bits per heavy atom. The van der Waals surface area contributed by atoms with E-state index in [0.717, 1.165) is 6.08 Å². The second-order valence-corrected chi connectivity index (χ2v) is 3.54. The molecule has 19 heavy (non-hydrogen) atoms. The first-order valence-corrected chi connectivity index (χ1v) is 4.99. The topological polar surface area (TPSA) is 26.3 Å². The lowest BCUT2D eigenvalue weighted by atomic mass is 10.1. The van der Waals surface area contributed by atoms with E-state index in [1.54, 1.807) is 0 Å². The van der Waals surface area contributed by atoms with Gasteiger partial charge in [0.2, 0.25) is 5.78 Å². The Balaban J connectivity index is 2.84. The first-order valence-electron chi connectivity index (χ1n) is 4.99. The van der Waals surface area contributed by atoms with E-state index in [2.05, 4.69) is 0 Å². The fourth-order valence-corrected chi connectivity index (χ4v) is 1.13. The smallest absolute Gasteiger partial charge is 0.461 e. The van der Waals surface area contributed by atoms with Crippen LogP contribution >= 0.6 is 0 Å². The highest BCUT2D eigenvalue weighted by molar-refractivity contribution is 5.99. The molecule has 2 nitrogen and oxygen atoms in total. The van der Waals surface area contributed by atoms with Crippen molar-refractivity contribution in [2.24, 2.45) is 0 Å². The molecule has 1 aromatic rings. The number of rotatable bonds is 4. The van der Waals surface area contributed by atoms with Crippen molar-refractivity contribution in [2.75, 3.05) is 7.11 Å². The molecule has 0 saturated heterocycles. The molecule has 0 heterocycles. The summed E-state index contributed by atoms with van der Waals surface area (Å²) in [5.41, 5.74) is 0.298. The number of hydrogen-bond acceptors (Lipinski definition) is 2. The van der Waals surface area contributed by atoms with Crippen molar-refractivity contribution in [3.63, 3.8) is 0 Å². The van der Waals surface area contributed by atoms with Crippen LogP contribution in [-0.4, -0.2) is 25.0 Å². The third-order valence-electron chi connectivity index (χ3n) is 2.21. The van der Waals surface area contributed by atoms with E-state index >= 15 is 0 Å². The lowest BCUT2D eigenvalue weighted by Crippen LogP contribution is -2.43. The Hall–Kier alpha value is -1.92. The van der Waals surface area contributed by atoms with Gasteiger partial charge >= 0.3 is 12.1 Å². The van der Waals surface area contributed by atoms with Gasteiger partial charge in [0, 0.05) is 0 Å². The molecule has 0 spiro atoms. The summed E-state index contributed by atoms with van der Waals surface area (Å²) in [4.78, 5) is 10.8. The van der Waals surface area contributed by atoms with Crippen LogP contribution in [-0.2, 0) is 4.79 Å². The second kappa shape index (κ2) is 5.38. The highest BCUT2D eigenvalue weighted by Crippen LogP contribution is 2.36. The van der Waals surface area contributed by atoms with Gasteiger partial charge in [-0.2, -0.15) is 22.0 Å². The normalized spacial score (nSPS) is 12.7. The zero-order chi connectivity index (χ0) is 14.7. The molecule has 0 aliphatic carbocycles. The van der Waals surface area contributed by atoms with Gasteiger partial charge < -0.3 is 4.74 Å². The Kier molecular flexibility index (Phi) is 4.28. The molecule has 0 unspecified atom stereocenters. The maximum Gasteiger partial charge on any atom is 0.461 e. The standard InChI is InChI=1S/C12H9F5O2/c1-19-9-5-2-8(3-6-9)4-7-10(18)11(13,14)12(15,16)17/h2-7H,1H3/b7-4+. The number of allylic oxidation sites excluding steroid dienone is 1. The van der Waals surface area contributed by atoms with Gasteiger partial charge in [-0.3, -0.25) is 4.79 Å². The lowest BCUT2D eigenvalue weighted by molar-refractivity contribution is -0.266. The summed E-state index contributed by atoms with van der Waals surface area (Å²) in [6, 6.07) is 5.78. The fraction of sp³-hybridized carbons (Fsp3) is 0.250. The van der Waals surface area contributed by atoms with Crippen LogP contribution in [0.15, 0.2) is 30.3 Å². The zero-order valence-electron chi connectivity index (χ0n) is 9.67. The predicted octanol–water partition coefficient (Wildman–Crippen LogP) is 3.48. The highest BCUT2D eigenvalue weighted by atomic mass is 19.4. The monoisotopic (exact) mass is 280 g/mol. The van der Waals surface area contributed by atoms with Gasteiger partial charge in [0.1, 0.15) is 5.75 Å². The number of ether oxygens (including phenoxy) is 1. The number of halogens is 5. The molecule has 1 aromatic carbocycles. The quantitative estimate of drug-likeness (QED) is 0.623. The van der Waals surface area contributed by atoms with Crippen molar-refractivity contribution >= 4 is 11.9 Å². The van der Waals surface area contributed by atoms with Crippen LogP contribution < -0.4 is 4.74 Å². The van der Waals surface area contributed by atoms with Crippen molar-refractivity contribution in [2.45, 2.75) is 12.1 Å². The molecule has 0 aliphatic heterocycles. The van der Waals surface area contributed by atoms with Crippen molar-refractivity contribution < 1.29 is 31.5 Å². The predicted molar refractivity (Wildman–Crippen MR) is 58.0 cm³/mol. The summed E-state index contributed by atoms with van der Waals surface area (Å²) >= 11 is 0. The third kappa shape index (κ3) is 3.52. The largest absolute Gasteiger partial charge is 0.497 e. The molecule has 0 fully saturated rings. The summed E-state index contributed by atoms with van der Waals surface area (Å²) in [7, 11) is 1.41. The van der Waals surface area contributed by atoms with Gasteiger partial charge in [0.05, 0.1) is 7.11 Å². The molecule has 104 valence electrons. The molecule has 0 atom stereocenters. The van der Waals surface area contributed by atoms with Gasteiger partial charge in [-0.05, 0) is 23.8 Å². The van der Waals surface area contributed by atoms with Crippen LogP contribution in [0.1, 0.15) is 5.56 Å². The van der Waals surface area contributed by atoms with Gasteiger partial charge in [-0.1, -0.05) is 18.2 Å². The third-order valence-corrected chi connectivity index (χ3v) is 2.21. The van der Waals surface area contributed by atoms with E-state index in [-0.39, 0.29) is 6.08 Å². The summed E-state index contributed by atoms with van der Waals surface area (Å²) in [5, 5.41) is 0. The molecule has 0 amide bonds. The number of alkyl halides is 5. The molecule has 0 aromatic heterocycles. The van der Waals surface area contributed by atoms with Gasteiger partial charge in [-0.25, -0.2) is 0 Å². The molecule has 0 N–H and O–H groups in total. The minimum Gasteiger partial charge on any atom is -0.497 e. The van der Waals surface area contributed by atoms with E-state index in [0.29, 0.717) is 11.3 Å². The van der Waals surface area contributed by atoms with Crippen LogP contribution in [0.3, 0.4) is 0 Å². The Morgan fingerprint density at radius 1 is 1.11 bits per heavy atom. The number of methoxy groups -OCH3 is 1. The van der Waals surface area contributed by atoms with E-state index in [1.807, 2.05) is 0 Å². The minimum absolute atomic E-state index is 0.204. The average Bonchev–Trinajstić information content (AvgIpc) is 2.35. The van der Waals surface area contributed by atoms with Crippen LogP contribution in [0.2, 0.25) is 0 Å². The molecule has 0 aliphatic rings. The molecule has 0 radical (unpaired) electrons. The van der Waals surface area contributed by atoms with Crippen molar-refractivity contribution in [1.29, 1.82) is 0 Å². The van der Waals surface area contributed by atoms with E-state index in [4.69, 9.17) is 4.74 Å². The van der Waals surface area contributed by atoms with Gasteiger partial charge in [-0.15, -0.1) is 0 Å². The molecular formula is C12H9F5O2. The summed E-state index contributed by atoms with van der Waals surface area (Å²) in [6.07, 6.45) is -4.81. The maximum atomic E-state index is 12.6. The van der Waals surface area contributed by atoms with E-state index in [1.165, 1.54) is 31.4 Å². The Labute approximate surface area is 105 Å².